The van der Waals surface area contributed by atoms with Gasteiger partial charge >= 0.3 is 0 Å². The number of aromatic nitrogens is 1. The second-order valence-corrected chi connectivity index (χ2v) is 4.01. The largest absolute Gasteiger partial charge is 0.319 e. The van der Waals surface area contributed by atoms with Gasteiger partial charge in [-0.2, -0.15) is 0 Å². The molecule has 0 atom stereocenters. The van der Waals surface area contributed by atoms with Crippen molar-refractivity contribution in [1.82, 2.24) is 4.98 Å². The summed E-state index contributed by atoms with van der Waals surface area (Å²) >= 11 is 0. The maximum absolute atomic E-state index is 13.6. The van der Waals surface area contributed by atoms with Crippen molar-refractivity contribution >= 4 is 17.4 Å². The summed E-state index contributed by atoms with van der Waals surface area (Å²) in [6, 6.07) is 7.59. The lowest BCUT2D eigenvalue weighted by atomic mass is 10.2. The summed E-state index contributed by atoms with van der Waals surface area (Å²) in [5, 5.41) is 2.49. The number of aryl methyl sites for hydroxylation is 1. The lowest BCUT2D eigenvalue weighted by Gasteiger charge is -2.07. The van der Waals surface area contributed by atoms with Gasteiger partial charge in [0.25, 0.3) is 5.91 Å². The van der Waals surface area contributed by atoms with Crippen molar-refractivity contribution in [3.05, 3.63) is 53.5 Å². The molecule has 1 heterocycles. The first-order valence-electron chi connectivity index (χ1n) is 5.60. The van der Waals surface area contributed by atoms with Crippen molar-refractivity contribution in [2.45, 2.75) is 6.92 Å². The van der Waals surface area contributed by atoms with Gasteiger partial charge in [0.05, 0.1) is 5.69 Å². The number of rotatable bonds is 3. The molecule has 2 rings (SSSR count). The van der Waals surface area contributed by atoms with Gasteiger partial charge in [-0.15, -0.1) is 0 Å². The van der Waals surface area contributed by atoms with Crippen LogP contribution in [0.4, 0.5) is 15.9 Å². The number of nitrogens with two attached hydrogens (primary N) is 1. The van der Waals surface area contributed by atoms with E-state index < -0.39 is 11.7 Å². The van der Waals surface area contributed by atoms with E-state index in [1.54, 1.807) is 13.0 Å². The highest BCUT2D eigenvalue weighted by molar-refractivity contribution is 6.04. The normalized spacial score (nSPS) is 10.1. The molecule has 0 bridgehead atoms. The van der Waals surface area contributed by atoms with Gasteiger partial charge in [-0.05, 0) is 36.8 Å². The van der Waals surface area contributed by atoms with E-state index in [1.165, 1.54) is 30.5 Å². The Morgan fingerprint density at radius 3 is 2.79 bits per heavy atom. The number of pyridine rings is 1. The van der Waals surface area contributed by atoms with E-state index in [0.717, 1.165) is 5.56 Å². The Bertz CT molecular complexity index is 615. The predicted molar refractivity (Wildman–Crippen MR) is 71.1 cm³/mol. The van der Waals surface area contributed by atoms with Gasteiger partial charge < -0.3 is 10.7 Å². The molecule has 4 N–H and O–H groups in total. The highest BCUT2D eigenvalue weighted by atomic mass is 19.1. The molecule has 6 heteroatoms. The zero-order chi connectivity index (χ0) is 13.8. The fraction of sp³-hybridized carbons (Fsp3) is 0.0769. The number of nitrogens with zero attached hydrogens (tertiary/aromatic N) is 1. The van der Waals surface area contributed by atoms with Crippen molar-refractivity contribution in [2.24, 2.45) is 5.84 Å². The summed E-state index contributed by atoms with van der Waals surface area (Å²) in [5.41, 5.74) is 3.60. The molecule has 0 saturated carbocycles. The topological polar surface area (TPSA) is 80.0 Å². The van der Waals surface area contributed by atoms with Crippen molar-refractivity contribution < 1.29 is 9.18 Å². The van der Waals surface area contributed by atoms with Crippen molar-refractivity contribution in [3.8, 4) is 0 Å². The number of hydrogen-bond donors (Lipinski definition) is 3. The lowest BCUT2D eigenvalue weighted by molar-refractivity contribution is 0.102. The van der Waals surface area contributed by atoms with Gasteiger partial charge in [0.1, 0.15) is 11.6 Å². The number of benzene rings is 1. The number of carbonyl (C=O) groups excluding carboxylic acids is 1. The molecule has 1 aromatic heterocycles. The maximum Gasteiger partial charge on any atom is 0.255 e. The van der Waals surface area contributed by atoms with E-state index in [2.05, 4.69) is 15.7 Å². The van der Waals surface area contributed by atoms with Gasteiger partial charge in [-0.3, -0.25) is 4.79 Å². The first kappa shape index (κ1) is 13.0. The number of nitrogen functional groups attached to an aromatic ring is 1. The number of anilines is 2. The molecule has 0 unspecified atom stereocenters. The van der Waals surface area contributed by atoms with Gasteiger partial charge in [0, 0.05) is 11.8 Å². The van der Waals surface area contributed by atoms with Gasteiger partial charge in [0.15, 0.2) is 0 Å². The molecule has 0 radical (unpaired) electrons. The van der Waals surface area contributed by atoms with Crippen molar-refractivity contribution in [1.29, 1.82) is 0 Å². The predicted octanol–water partition coefficient (Wildman–Crippen LogP) is 2.07. The zero-order valence-electron chi connectivity index (χ0n) is 10.3. The van der Waals surface area contributed by atoms with Crippen LogP contribution in [0, 0.1) is 12.7 Å². The molecule has 2 aromatic rings. The highest BCUT2D eigenvalue weighted by Crippen LogP contribution is 2.16. The minimum Gasteiger partial charge on any atom is -0.319 e. The molecule has 1 aromatic carbocycles. The van der Waals surface area contributed by atoms with Crippen LogP contribution in [0.1, 0.15) is 15.9 Å². The number of carbonyl (C=O) groups is 1. The van der Waals surface area contributed by atoms with Crippen LogP contribution < -0.4 is 16.6 Å². The smallest absolute Gasteiger partial charge is 0.255 e. The standard InChI is InChI=1S/C13H13FN4O/c1-8-2-3-11(10(14)6-8)17-13(19)9-4-5-16-12(7-9)18-15/h2-7H,15H2,1H3,(H,16,18)(H,17,19). The molecule has 0 spiro atoms. The second-order valence-electron chi connectivity index (χ2n) is 4.01. The van der Waals surface area contributed by atoms with E-state index >= 15 is 0 Å². The van der Waals surface area contributed by atoms with Gasteiger partial charge in [-0.1, -0.05) is 6.07 Å². The van der Waals surface area contributed by atoms with Crippen LogP contribution in [-0.4, -0.2) is 10.9 Å². The fourth-order valence-corrected chi connectivity index (χ4v) is 1.57. The molecule has 5 nitrogen and oxygen atoms in total. The van der Waals surface area contributed by atoms with Crippen molar-refractivity contribution in [3.63, 3.8) is 0 Å². The number of amides is 1. The number of hydrogen-bond acceptors (Lipinski definition) is 4. The van der Waals surface area contributed by atoms with Crippen molar-refractivity contribution in [2.75, 3.05) is 10.7 Å². The Labute approximate surface area is 109 Å². The average molecular weight is 260 g/mol. The van der Waals surface area contributed by atoms with E-state index in [-0.39, 0.29) is 5.69 Å². The molecular formula is C13H13FN4O. The van der Waals surface area contributed by atoms with Gasteiger partial charge in [0.2, 0.25) is 0 Å². The Balaban J connectivity index is 2.20. The highest BCUT2D eigenvalue weighted by Gasteiger charge is 2.10. The number of nitrogens with one attached hydrogen (secondary N) is 2. The molecule has 0 aliphatic carbocycles. The third kappa shape index (κ3) is 3.05. The number of halogens is 1. The summed E-state index contributed by atoms with van der Waals surface area (Å²) in [6.45, 7) is 1.77. The summed E-state index contributed by atoms with van der Waals surface area (Å²) in [5.74, 6) is 4.66. The first-order valence-corrected chi connectivity index (χ1v) is 5.60. The third-order valence-corrected chi connectivity index (χ3v) is 2.54. The Kier molecular flexibility index (Phi) is 3.72. The quantitative estimate of drug-likeness (QED) is 0.583. The molecular weight excluding hydrogens is 247 g/mol. The SMILES string of the molecule is Cc1ccc(NC(=O)c2ccnc(NN)c2)c(F)c1. The van der Waals surface area contributed by atoms with Crippen LogP contribution in [0.25, 0.3) is 0 Å². The van der Waals surface area contributed by atoms with E-state index in [4.69, 9.17) is 5.84 Å². The van der Waals surface area contributed by atoms with Crippen LogP contribution in [0.2, 0.25) is 0 Å². The molecule has 0 fully saturated rings. The molecule has 0 saturated heterocycles. The maximum atomic E-state index is 13.6. The van der Waals surface area contributed by atoms with Crippen LogP contribution >= 0.6 is 0 Å². The molecule has 19 heavy (non-hydrogen) atoms. The number of hydrazine groups is 1. The monoisotopic (exact) mass is 260 g/mol. The Morgan fingerprint density at radius 2 is 2.11 bits per heavy atom. The molecule has 1 amide bonds. The van der Waals surface area contributed by atoms with Crippen LogP contribution in [0.3, 0.4) is 0 Å². The molecule has 0 aliphatic heterocycles. The zero-order valence-corrected chi connectivity index (χ0v) is 10.3. The summed E-state index contributed by atoms with van der Waals surface area (Å²) in [6.07, 6.45) is 1.44. The van der Waals surface area contributed by atoms with Crippen LogP contribution in [-0.2, 0) is 0 Å². The van der Waals surface area contributed by atoms with E-state index in [9.17, 15) is 9.18 Å². The minimum absolute atomic E-state index is 0.134. The summed E-state index contributed by atoms with van der Waals surface area (Å²) < 4.78 is 13.6. The molecule has 98 valence electrons. The van der Waals surface area contributed by atoms with Gasteiger partial charge in [-0.25, -0.2) is 15.2 Å². The second kappa shape index (κ2) is 5.45. The molecule has 0 aliphatic rings. The van der Waals surface area contributed by atoms with E-state index in [0.29, 0.717) is 11.4 Å². The fourth-order valence-electron chi connectivity index (χ4n) is 1.57. The van der Waals surface area contributed by atoms with Crippen LogP contribution in [0.15, 0.2) is 36.5 Å². The summed E-state index contributed by atoms with van der Waals surface area (Å²) in [7, 11) is 0. The third-order valence-electron chi connectivity index (χ3n) is 2.54. The minimum atomic E-state index is -0.473. The Hall–Kier alpha value is -2.47. The van der Waals surface area contributed by atoms with Crippen LogP contribution in [0.5, 0.6) is 0 Å². The average Bonchev–Trinajstić information content (AvgIpc) is 2.42. The van der Waals surface area contributed by atoms with E-state index in [1.807, 2.05) is 0 Å². The first-order chi connectivity index (χ1) is 9.10. The lowest BCUT2D eigenvalue weighted by Crippen LogP contribution is -2.15. The summed E-state index contributed by atoms with van der Waals surface area (Å²) in [4.78, 5) is 15.8. The Morgan fingerprint density at radius 1 is 1.32 bits per heavy atom.